The summed E-state index contributed by atoms with van der Waals surface area (Å²) in [6, 6.07) is 0. The molecule has 0 unspecified atom stereocenters. The van der Waals surface area contributed by atoms with Gasteiger partial charge >= 0.3 is 5.97 Å². The van der Waals surface area contributed by atoms with Crippen molar-refractivity contribution in [3.63, 3.8) is 0 Å². The number of aliphatic hydroxyl groups is 1. The van der Waals surface area contributed by atoms with Crippen LogP contribution in [0.1, 0.15) is 40.0 Å². The van der Waals surface area contributed by atoms with Crippen molar-refractivity contribution in [3.05, 3.63) is 12.2 Å². The van der Waals surface area contributed by atoms with Gasteiger partial charge in [-0.1, -0.05) is 38.7 Å². The molecule has 126 valence electrons. The highest BCUT2D eigenvalue weighted by molar-refractivity contribution is 6.74. The van der Waals surface area contributed by atoms with E-state index in [1.54, 1.807) is 12.2 Å². The minimum Gasteiger partial charge on any atom is -0.469 e. The highest BCUT2D eigenvalue weighted by Gasteiger charge is 2.38. The normalized spacial score (nSPS) is 13.6. The highest BCUT2D eigenvalue weighted by atomic mass is 28.4. The quantitative estimate of drug-likeness (QED) is 0.443. The molecule has 1 N–H and O–H groups in total. The molecule has 0 aromatic carbocycles. The van der Waals surface area contributed by atoms with Crippen LogP contribution in [0.15, 0.2) is 12.2 Å². The first kappa shape index (κ1) is 20.9. The monoisotopic (exact) mass is 326 g/mol. The molecule has 0 saturated carbocycles. The number of allylic oxidation sites excluding steroid dienone is 1. The Morgan fingerprint density at radius 2 is 2.00 bits per heavy atom. The average molecular weight is 327 g/mol. The molecule has 0 aliphatic heterocycles. The third-order valence-corrected chi connectivity index (χ3v) is 8.36. The molecular weight excluding hydrogens is 296 g/mol. The fourth-order valence-corrected chi connectivity index (χ4v) is 2.72. The number of carbonyl (C=O) groups is 1. The second-order valence-corrected chi connectivity index (χ2v) is 11.5. The predicted octanol–water partition coefficient (Wildman–Crippen LogP) is 3.27. The molecule has 0 aliphatic carbocycles. The average Bonchev–Trinajstić information content (AvgIpc) is 2.41. The maximum absolute atomic E-state index is 11.2. The van der Waals surface area contributed by atoms with Gasteiger partial charge in [0.05, 0.1) is 13.7 Å². The van der Waals surface area contributed by atoms with E-state index in [9.17, 15) is 4.79 Å². The lowest BCUT2D eigenvalue weighted by molar-refractivity contribution is -0.140. The van der Waals surface area contributed by atoms with Crippen molar-refractivity contribution in [2.24, 2.45) is 0 Å². The summed E-state index contributed by atoms with van der Waals surface area (Å²) in [7, 11) is -0.520. The zero-order valence-electron chi connectivity index (χ0n) is 14.7. The Labute approximate surface area is 136 Å². The van der Waals surface area contributed by atoms with E-state index < -0.39 is 8.32 Å². The van der Waals surface area contributed by atoms with Crippen molar-refractivity contribution in [3.8, 4) is 11.8 Å². The number of hydrogen-bond acceptors (Lipinski definition) is 4. The Bertz CT molecular complexity index is 424. The van der Waals surface area contributed by atoms with Crippen LogP contribution in [0.5, 0.6) is 0 Å². The van der Waals surface area contributed by atoms with Gasteiger partial charge in [0, 0.05) is 6.42 Å². The smallest absolute Gasteiger partial charge is 0.305 e. The number of carbonyl (C=O) groups excluding carboxylic acids is 1. The maximum Gasteiger partial charge on any atom is 0.305 e. The van der Waals surface area contributed by atoms with Gasteiger partial charge in [0.2, 0.25) is 0 Å². The van der Waals surface area contributed by atoms with Gasteiger partial charge in [-0.15, -0.1) is 0 Å². The Morgan fingerprint density at radius 3 is 2.50 bits per heavy atom. The second kappa shape index (κ2) is 9.83. The molecule has 0 aromatic rings. The summed E-state index contributed by atoms with van der Waals surface area (Å²) in [6.45, 7) is 10.9. The molecule has 0 aromatic heterocycles. The summed E-state index contributed by atoms with van der Waals surface area (Å²) in [5.41, 5.74) is 0. The third-order valence-electron chi connectivity index (χ3n) is 3.87. The zero-order chi connectivity index (χ0) is 17.2. The number of hydrogen-bond donors (Lipinski definition) is 1. The van der Waals surface area contributed by atoms with E-state index in [0.29, 0.717) is 19.3 Å². The van der Waals surface area contributed by atoms with Gasteiger partial charge in [-0.05, 0) is 37.0 Å². The van der Waals surface area contributed by atoms with Crippen LogP contribution in [0.3, 0.4) is 0 Å². The van der Waals surface area contributed by atoms with Gasteiger partial charge in [-0.2, -0.15) is 0 Å². The van der Waals surface area contributed by atoms with E-state index in [4.69, 9.17) is 9.53 Å². The Hall–Kier alpha value is -1.09. The number of aliphatic hydroxyl groups excluding tert-OH is 1. The molecule has 5 heteroatoms. The topological polar surface area (TPSA) is 55.8 Å². The van der Waals surface area contributed by atoms with Crippen molar-refractivity contribution in [2.75, 3.05) is 13.7 Å². The Kier molecular flexibility index (Phi) is 9.34. The van der Waals surface area contributed by atoms with Gasteiger partial charge < -0.3 is 14.3 Å². The fraction of sp³-hybridized carbons (Fsp3) is 0.706. The van der Waals surface area contributed by atoms with Crippen LogP contribution in [-0.2, 0) is 14.0 Å². The summed E-state index contributed by atoms with van der Waals surface area (Å²) < 4.78 is 11.0. The van der Waals surface area contributed by atoms with E-state index in [2.05, 4.69) is 50.4 Å². The summed E-state index contributed by atoms with van der Waals surface area (Å²) in [5, 5.41) is 8.83. The fourth-order valence-electron chi connectivity index (χ4n) is 1.48. The van der Waals surface area contributed by atoms with Crippen molar-refractivity contribution in [1.82, 2.24) is 0 Å². The first-order chi connectivity index (χ1) is 10.1. The minimum absolute atomic E-state index is 0.0230. The molecule has 0 saturated heterocycles. The van der Waals surface area contributed by atoms with Crippen LogP contribution < -0.4 is 0 Å². The van der Waals surface area contributed by atoms with Crippen LogP contribution in [0.2, 0.25) is 18.1 Å². The summed E-state index contributed by atoms with van der Waals surface area (Å²) in [5.74, 6) is 5.78. The number of methoxy groups -OCH3 is 1. The molecule has 0 heterocycles. The summed E-state index contributed by atoms with van der Waals surface area (Å²) in [4.78, 5) is 11.2. The van der Waals surface area contributed by atoms with Crippen LogP contribution >= 0.6 is 0 Å². The van der Waals surface area contributed by atoms with E-state index >= 15 is 0 Å². The van der Waals surface area contributed by atoms with Gasteiger partial charge in [0.25, 0.3) is 0 Å². The lowest BCUT2D eigenvalue weighted by atomic mass is 10.1. The van der Waals surface area contributed by atoms with Gasteiger partial charge in [-0.3, -0.25) is 4.79 Å². The minimum atomic E-state index is -1.91. The predicted molar refractivity (Wildman–Crippen MR) is 91.9 cm³/mol. The Balaban J connectivity index is 4.81. The molecule has 0 radical (unpaired) electrons. The Morgan fingerprint density at radius 1 is 1.36 bits per heavy atom. The van der Waals surface area contributed by atoms with E-state index in [0.717, 1.165) is 0 Å². The van der Waals surface area contributed by atoms with Crippen molar-refractivity contribution >= 4 is 14.3 Å². The van der Waals surface area contributed by atoms with Crippen LogP contribution in [0, 0.1) is 11.8 Å². The molecule has 0 amide bonds. The second-order valence-electron chi connectivity index (χ2n) is 6.71. The zero-order valence-corrected chi connectivity index (χ0v) is 15.7. The molecule has 0 fully saturated rings. The number of ether oxygens (including phenoxy) is 1. The largest absolute Gasteiger partial charge is 0.469 e. The third kappa shape index (κ3) is 8.37. The van der Waals surface area contributed by atoms with E-state index in [-0.39, 0.29) is 23.7 Å². The molecule has 4 nitrogen and oxygen atoms in total. The number of esters is 1. The van der Waals surface area contributed by atoms with E-state index in [1.165, 1.54) is 7.11 Å². The van der Waals surface area contributed by atoms with E-state index in [1.807, 2.05) is 0 Å². The SMILES string of the molecule is COC(=O)CCC[C@@H](C#CC=CCO)O[Si](C)(C)C(C)(C)C. The lowest BCUT2D eigenvalue weighted by Gasteiger charge is -2.38. The highest BCUT2D eigenvalue weighted by Crippen LogP contribution is 2.37. The first-order valence-electron chi connectivity index (χ1n) is 7.65. The molecule has 0 spiro atoms. The van der Waals surface area contributed by atoms with Gasteiger partial charge in [0.15, 0.2) is 8.32 Å². The molecule has 0 bridgehead atoms. The maximum atomic E-state index is 11.2. The van der Waals surface area contributed by atoms with Crippen LogP contribution in [0.25, 0.3) is 0 Å². The summed E-state index contributed by atoms with van der Waals surface area (Å²) >= 11 is 0. The van der Waals surface area contributed by atoms with Gasteiger partial charge in [-0.25, -0.2) is 0 Å². The standard InChI is InChI=1S/C17H30O4Si/c1-17(2,3)22(5,6)21-15(11-8-7-9-14-18)12-10-13-16(19)20-4/h7,9,15,18H,10,12-14H2,1-6H3/t15-/m1/s1. The van der Waals surface area contributed by atoms with Crippen molar-refractivity contribution in [2.45, 2.75) is 64.3 Å². The molecule has 0 rings (SSSR count). The van der Waals surface area contributed by atoms with Crippen molar-refractivity contribution < 1.29 is 19.1 Å². The number of rotatable bonds is 7. The molecular formula is C17H30O4Si. The summed E-state index contributed by atoms with van der Waals surface area (Å²) in [6.07, 6.45) is 4.77. The molecule has 1 atom stereocenters. The lowest BCUT2D eigenvalue weighted by Crippen LogP contribution is -2.43. The van der Waals surface area contributed by atoms with Crippen molar-refractivity contribution in [1.29, 1.82) is 0 Å². The molecule has 22 heavy (non-hydrogen) atoms. The molecule has 0 aliphatic rings. The van der Waals surface area contributed by atoms with Gasteiger partial charge in [0.1, 0.15) is 6.10 Å². The van der Waals surface area contributed by atoms with Crippen LogP contribution in [-0.4, -0.2) is 39.2 Å². The van der Waals surface area contributed by atoms with Crippen LogP contribution in [0.4, 0.5) is 0 Å². The first-order valence-corrected chi connectivity index (χ1v) is 10.6.